The van der Waals surface area contributed by atoms with Crippen molar-refractivity contribution in [2.45, 2.75) is 32.6 Å². The smallest absolute Gasteiger partial charge is 0.335 e. The van der Waals surface area contributed by atoms with Gasteiger partial charge in [0.2, 0.25) is 0 Å². The average Bonchev–Trinajstić information content (AvgIpc) is 2.27. The summed E-state index contributed by atoms with van der Waals surface area (Å²) in [7, 11) is 0. The van der Waals surface area contributed by atoms with Crippen LogP contribution in [0.1, 0.15) is 42.9 Å². The van der Waals surface area contributed by atoms with Crippen LogP contribution < -0.4 is 0 Å². The van der Waals surface area contributed by atoms with E-state index in [2.05, 4.69) is 26.0 Å². The number of carboxylic acids is 1. The van der Waals surface area contributed by atoms with Crippen LogP contribution in [-0.4, -0.2) is 11.1 Å². The molecule has 1 aromatic rings. The Morgan fingerprint density at radius 2 is 2.12 bits per heavy atom. The molecule has 84 valence electrons. The summed E-state index contributed by atoms with van der Waals surface area (Å²) in [5.41, 5.74) is 3.73. The minimum atomic E-state index is -0.818. The Kier molecular flexibility index (Phi) is 2.82. The zero-order valence-corrected chi connectivity index (χ0v) is 9.66. The molecule has 0 amide bonds. The molecule has 2 rings (SSSR count). The van der Waals surface area contributed by atoms with Crippen LogP contribution in [0.15, 0.2) is 24.3 Å². The maximum atomic E-state index is 11.1. The van der Waals surface area contributed by atoms with Crippen LogP contribution in [0.4, 0.5) is 0 Å². The van der Waals surface area contributed by atoms with E-state index in [-0.39, 0.29) is 0 Å². The summed E-state index contributed by atoms with van der Waals surface area (Å²) in [5.74, 6) is -0.385. The fraction of sp³-hybridized carbons (Fsp3) is 0.357. The summed E-state index contributed by atoms with van der Waals surface area (Å²) in [5, 5.41) is 9.15. The molecule has 16 heavy (non-hydrogen) atoms. The fourth-order valence-corrected chi connectivity index (χ4v) is 2.11. The highest BCUT2D eigenvalue weighted by Gasteiger charge is 2.18. The lowest BCUT2D eigenvalue weighted by molar-refractivity contribution is -0.130. The monoisotopic (exact) mass is 216 g/mol. The van der Waals surface area contributed by atoms with Gasteiger partial charge in [-0.1, -0.05) is 38.1 Å². The molecule has 0 unspecified atom stereocenters. The third-order valence-corrected chi connectivity index (χ3v) is 3.08. The van der Waals surface area contributed by atoms with E-state index in [0.29, 0.717) is 11.5 Å². The molecular weight excluding hydrogens is 200 g/mol. The zero-order valence-electron chi connectivity index (χ0n) is 9.66. The number of hydrogen-bond acceptors (Lipinski definition) is 1. The lowest BCUT2D eigenvalue weighted by atomic mass is 9.87. The Morgan fingerprint density at radius 1 is 1.38 bits per heavy atom. The van der Waals surface area contributed by atoms with E-state index in [0.717, 1.165) is 24.0 Å². The lowest BCUT2D eigenvalue weighted by Crippen LogP contribution is -2.08. The summed E-state index contributed by atoms with van der Waals surface area (Å²) in [6.45, 7) is 4.24. The van der Waals surface area contributed by atoms with Crippen molar-refractivity contribution >= 4 is 11.5 Å². The maximum Gasteiger partial charge on any atom is 0.335 e. The molecule has 0 saturated carbocycles. The number of aryl methyl sites for hydroxylation is 1. The van der Waals surface area contributed by atoms with Crippen molar-refractivity contribution < 1.29 is 9.90 Å². The molecule has 0 bridgehead atoms. The van der Waals surface area contributed by atoms with Crippen molar-refractivity contribution in [2.24, 2.45) is 0 Å². The molecule has 0 atom stereocenters. The third kappa shape index (κ3) is 1.87. The molecule has 1 aromatic carbocycles. The van der Waals surface area contributed by atoms with E-state index in [1.165, 1.54) is 5.56 Å². The van der Waals surface area contributed by atoms with E-state index in [9.17, 15) is 4.79 Å². The fourth-order valence-electron chi connectivity index (χ4n) is 2.11. The summed E-state index contributed by atoms with van der Waals surface area (Å²) >= 11 is 0. The highest BCUT2D eigenvalue weighted by molar-refractivity contribution is 6.16. The number of hydrogen-bond donors (Lipinski definition) is 1. The van der Waals surface area contributed by atoms with Gasteiger partial charge in [-0.25, -0.2) is 4.79 Å². The van der Waals surface area contributed by atoms with Gasteiger partial charge in [-0.2, -0.15) is 0 Å². The highest BCUT2D eigenvalue weighted by Crippen LogP contribution is 2.29. The number of benzene rings is 1. The van der Waals surface area contributed by atoms with Gasteiger partial charge in [0.05, 0.1) is 5.57 Å². The van der Waals surface area contributed by atoms with Crippen LogP contribution in [0.5, 0.6) is 0 Å². The van der Waals surface area contributed by atoms with E-state index in [1.54, 1.807) is 0 Å². The Labute approximate surface area is 95.6 Å². The standard InChI is InChI=1S/C14H16O2/c1-9(2)11-7-6-10-4-3-5-12(14(15)16)13(10)8-11/h5-9H,3-4H2,1-2H3,(H,15,16). The van der Waals surface area contributed by atoms with Crippen molar-refractivity contribution in [3.8, 4) is 0 Å². The first kappa shape index (κ1) is 10.9. The first-order valence-corrected chi connectivity index (χ1v) is 5.66. The van der Waals surface area contributed by atoms with Crippen molar-refractivity contribution in [1.29, 1.82) is 0 Å². The average molecular weight is 216 g/mol. The van der Waals surface area contributed by atoms with Gasteiger partial charge < -0.3 is 5.11 Å². The first-order valence-electron chi connectivity index (χ1n) is 5.66. The minimum Gasteiger partial charge on any atom is -0.478 e. The Bertz CT molecular complexity index is 456. The normalized spacial score (nSPS) is 14.6. The van der Waals surface area contributed by atoms with E-state index < -0.39 is 5.97 Å². The third-order valence-electron chi connectivity index (χ3n) is 3.08. The van der Waals surface area contributed by atoms with E-state index in [4.69, 9.17) is 5.11 Å². The topological polar surface area (TPSA) is 37.3 Å². The second-order valence-electron chi connectivity index (χ2n) is 4.53. The Hall–Kier alpha value is -1.57. The molecule has 2 heteroatoms. The van der Waals surface area contributed by atoms with Crippen LogP contribution in [0.25, 0.3) is 5.57 Å². The Balaban J connectivity index is 2.52. The molecule has 1 aliphatic rings. The molecule has 0 spiro atoms. The summed E-state index contributed by atoms with van der Waals surface area (Å²) in [6, 6.07) is 6.20. The van der Waals surface area contributed by atoms with E-state index in [1.807, 2.05) is 12.1 Å². The molecule has 1 N–H and O–H groups in total. The molecule has 0 saturated heterocycles. The maximum absolute atomic E-state index is 11.1. The van der Waals surface area contributed by atoms with Gasteiger partial charge in [0.15, 0.2) is 0 Å². The number of rotatable bonds is 2. The van der Waals surface area contributed by atoms with Crippen LogP contribution in [0, 0.1) is 0 Å². The van der Waals surface area contributed by atoms with Crippen molar-refractivity contribution in [3.63, 3.8) is 0 Å². The highest BCUT2D eigenvalue weighted by atomic mass is 16.4. The number of allylic oxidation sites excluding steroid dienone is 1. The molecule has 0 radical (unpaired) electrons. The van der Waals surface area contributed by atoms with E-state index >= 15 is 0 Å². The molecule has 0 aliphatic heterocycles. The van der Waals surface area contributed by atoms with Crippen LogP contribution >= 0.6 is 0 Å². The Morgan fingerprint density at radius 3 is 2.75 bits per heavy atom. The van der Waals surface area contributed by atoms with Gasteiger partial charge in [-0.05, 0) is 35.4 Å². The number of carboxylic acid groups (broad SMARTS) is 1. The zero-order chi connectivity index (χ0) is 11.7. The van der Waals surface area contributed by atoms with Gasteiger partial charge >= 0.3 is 5.97 Å². The summed E-state index contributed by atoms with van der Waals surface area (Å²) < 4.78 is 0. The quantitative estimate of drug-likeness (QED) is 0.824. The molecule has 2 nitrogen and oxygen atoms in total. The number of fused-ring (bicyclic) bond motifs is 1. The summed E-state index contributed by atoms with van der Waals surface area (Å²) in [6.07, 6.45) is 3.61. The van der Waals surface area contributed by atoms with Gasteiger partial charge in [-0.3, -0.25) is 0 Å². The number of aliphatic carboxylic acids is 1. The second kappa shape index (κ2) is 4.12. The van der Waals surface area contributed by atoms with Crippen molar-refractivity contribution in [3.05, 3.63) is 41.0 Å². The molecule has 0 heterocycles. The van der Waals surface area contributed by atoms with Crippen molar-refractivity contribution in [1.82, 2.24) is 0 Å². The molecular formula is C14H16O2. The molecule has 0 fully saturated rings. The van der Waals surface area contributed by atoms with Crippen LogP contribution in [0.3, 0.4) is 0 Å². The van der Waals surface area contributed by atoms with Crippen molar-refractivity contribution in [2.75, 3.05) is 0 Å². The second-order valence-corrected chi connectivity index (χ2v) is 4.53. The SMILES string of the molecule is CC(C)c1ccc2c(c1)C(C(=O)O)=CCC2. The van der Waals surface area contributed by atoms with Crippen LogP contribution in [-0.2, 0) is 11.2 Å². The predicted octanol–water partition coefficient (Wildman–Crippen LogP) is 3.22. The molecule has 0 aromatic heterocycles. The van der Waals surface area contributed by atoms with Crippen LogP contribution in [0.2, 0.25) is 0 Å². The predicted molar refractivity (Wildman–Crippen MR) is 64.5 cm³/mol. The van der Waals surface area contributed by atoms with Gasteiger partial charge in [0, 0.05) is 0 Å². The number of carbonyl (C=O) groups is 1. The largest absolute Gasteiger partial charge is 0.478 e. The lowest BCUT2D eigenvalue weighted by Gasteiger charge is -2.17. The minimum absolute atomic E-state index is 0.433. The van der Waals surface area contributed by atoms with Gasteiger partial charge in [-0.15, -0.1) is 0 Å². The summed E-state index contributed by atoms with van der Waals surface area (Å²) in [4.78, 5) is 11.1. The van der Waals surface area contributed by atoms with Gasteiger partial charge in [0.1, 0.15) is 0 Å². The van der Waals surface area contributed by atoms with Gasteiger partial charge in [0.25, 0.3) is 0 Å². The first-order chi connectivity index (χ1) is 7.59. The molecule has 1 aliphatic carbocycles.